The van der Waals surface area contributed by atoms with Gasteiger partial charge in [0.25, 0.3) is 0 Å². The molecular weight excluding hydrogens is 320 g/mol. The monoisotopic (exact) mass is 336 g/mol. The fourth-order valence-electron chi connectivity index (χ4n) is 2.33. The molecule has 1 aromatic carbocycles. The first-order valence-electron chi connectivity index (χ1n) is 6.21. The van der Waals surface area contributed by atoms with Gasteiger partial charge >= 0.3 is 0 Å². The van der Waals surface area contributed by atoms with E-state index < -0.39 is 5.41 Å². The molecule has 106 valence electrons. The third kappa shape index (κ3) is 2.43. The molecular formula is C14H17BrN4O. The normalized spacial score (nSPS) is 17.1. The molecule has 1 amide bonds. The predicted octanol–water partition coefficient (Wildman–Crippen LogP) is 2.18. The molecule has 0 spiro atoms. The fourth-order valence-corrected chi connectivity index (χ4v) is 2.47. The predicted molar refractivity (Wildman–Crippen MR) is 83.9 cm³/mol. The maximum atomic E-state index is 12.0. The van der Waals surface area contributed by atoms with Gasteiger partial charge in [0.05, 0.1) is 9.90 Å². The standard InChI is InChI=1S/C14H17BrN4O/c1-14(2)11-8(7-18-12(17)9(15)6-16)4-3-5-10(11)19-13(14)20/h3-6,16,18H,7,17H2,1-2H3,(H,19,20)/b12-9-,16-6?. The van der Waals surface area contributed by atoms with Crippen molar-refractivity contribution in [2.45, 2.75) is 25.8 Å². The Balaban J connectivity index is 2.31. The number of hydrogen-bond donors (Lipinski definition) is 4. The number of allylic oxidation sites excluding steroid dienone is 1. The second-order valence-electron chi connectivity index (χ2n) is 5.18. The Bertz CT molecular complexity index is 607. The molecule has 0 aliphatic carbocycles. The summed E-state index contributed by atoms with van der Waals surface area (Å²) in [6, 6.07) is 5.78. The molecule has 5 N–H and O–H groups in total. The van der Waals surface area contributed by atoms with Crippen LogP contribution in [-0.2, 0) is 16.8 Å². The summed E-state index contributed by atoms with van der Waals surface area (Å²) in [4.78, 5) is 12.0. The van der Waals surface area contributed by atoms with Crippen LogP contribution in [-0.4, -0.2) is 12.1 Å². The SMILES string of the molecule is CC1(C)C(=O)Nc2cccc(CN/C(N)=C(\Br)C=N)c21. The van der Waals surface area contributed by atoms with Crippen LogP contribution in [0.15, 0.2) is 28.5 Å². The molecule has 1 aliphatic heterocycles. The topological polar surface area (TPSA) is 91.0 Å². The molecule has 5 nitrogen and oxygen atoms in total. The van der Waals surface area contributed by atoms with Crippen LogP contribution in [0.1, 0.15) is 25.0 Å². The van der Waals surface area contributed by atoms with Gasteiger partial charge in [0.15, 0.2) is 0 Å². The molecule has 0 saturated heterocycles. The van der Waals surface area contributed by atoms with E-state index in [0.29, 0.717) is 16.8 Å². The van der Waals surface area contributed by atoms with Crippen LogP contribution in [0, 0.1) is 5.41 Å². The van der Waals surface area contributed by atoms with Crippen LogP contribution >= 0.6 is 15.9 Å². The first-order valence-corrected chi connectivity index (χ1v) is 7.00. The average molecular weight is 337 g/mol. The van der Waals surface area contributed by atoms with Gasteiger partial charge in [-0.15, -0.1) is 0 Å². The summed E-state index contributed by atoms with van der Waals surface area (Å²) in [5.41, 5.74) is 8.12. The van der Waals surface area contributed by atoms with Crippen LogP contribution < -0.4 is 16.4 Å². The number of benzene rings is 1. The molecule has 0 aromatic heterocycles. The highest BCUT2D eigenvalue weighted by Gasteiger charge is 2.39. The number of fused-ring (bicyclic) bond motifs is 1. The molecule has 1 heterocycles. The number of hydrogen-bond acceptors (Lipinski definition) is 4. The summed E-state index contributed by atoms with van der Waals surface area (Å²) in [6.07, 6.45) is 1.13. The van der Waals surface area contributed by atoms with Gasteiger partial charge in [0.1, 0.15) is 5.82 Å². The van der Waals surface area contributed by atoms with Gasteiger partial charge in [-0.25, -0.2) is 0 Å². The zero-order valence-electron chi connectivity index (χ0n) is 11.4. The number of halogens is 1. The van der Waals surface area contributed by atoms with Gasteiger partial charge in [-0.05, 0) is 47.0 Å². The number of rotatable bonds is 4. The summed E-state index contributed by atoms with van der Waals surface area (Å²) in [6.45, 7) is 4.31. The number of carbonyl (C=O) groups is 1. The van der Waals surface area contributed by atoms with Crippen molar-refractivity contribution in [3.63, 3.8) is 0 Å². The van der Waals surface area contributed by atoms with Crippen LogP contribution in [0.2, 0.25) is 0 Å². The Morgan fingerprint density at radius 3 is 2.90 bits per heavy atom. The maximum Gasteiger partial charge on any atom is 0.234 e. The summed E-state index contributed by atoms with van der Waals surface area (Å²) in [5.74, 6) is 0.400. The van der Waals surface area contributed by atoms with Crippen molar-refractivity contribution in [1.82, 2.24) is 5.32 Å². The number of nitrogens with two attached hydrogens (primary N) is 1. The van der Waals surface area contributed by atoms with Crippen molar-refractivity contribution in [1.29, 1.82) is 5.41 Å². The number of anilines is 1. The third-order valence-corrected chi connectivity index (χ3v) is 4.10. The van der Waals surface area contributed by atoms with Gasteiger partial charge < -0.3 is 21.8 Å². The van der Waals surface area contributed by atoms with Gasteiger partial charge in [-0.3, -0.25) is 4.79 Å². The van der Waals surface area contributed by atoms with Crippen LogP contribution in [0.3, 0.4) is 0 Å². The van der Waals surface area contributed by atoms with E-state index in [2.05, 4.69) is 26.6 Å². The Morgan fingerprint density at radius 1 is 1.55 bits per heavy atom. The minimum absolute atomic E-state index is 0.00383. The van der Waals surface area contributed by atoms with E-state index in [9.17, 15) is 4.79 Å². The first-order chi connectivity index (χ1) is 9.37. The summed E-state index contributed by atoms with van der Waals surface area (Å²) >= 11 is 3.19. The highest BCUT2D eigenvalue weighted by atomic mass is 79.9. The maximum absolute atomic E-state index is 12.0. The Labute approximate surface area is 126 Å². The van der Waals surface area contributed by atoms with Gasteiger partial charge in [-0.1, -0.05) is 12.1 Å². The average Bonchev–Trinajstić information content (AvgIpc) is 2.66. The van der Waals surface area contributed by atoms with Crippen molar-refractivity contribution >= 4 is 33.7 Å². The van der Waals surface area contributed by atoms with E-state index in [1.54, 1.807) is 0 Å². The van der Waals surface area contributed by atoms with Crippen molar-refractivity contribution in [3.05, 3.63) is 39.6 Å². The third-order valence-electron chi connectivity index (χ3n) is 3.44. The fraction of sp³-hybridized carbons (Fsp3) is 0.286. The summed E-state index contributed by atoms with van der Waals surface area (Å²) in [7, 11) is 0. The van der Waals surface area contributed by atoms with Gasteiger partial charge in [-0.2, -0.15) is 0 Å². The van der Waals surface area contributed by atoms with Gasteiger partial charge in [0.2, 0.25) is 5.91 Å². The van der Waals surface area contributed by atoms with E-state index in [0.717, 1.165) is 23.0 Å². The number of amides is 1. The van der Waals surface area contributed by atoms with Gasteiger partial charge in [0, 0.05) is 18.4 Å². The minimum atomic E-state index is -0.551. The van der Waals surface area contributed by atoms with Crippen LogP contribution in [0.4, 0.5) is 5.69 Å². The highest BCUT2D eigenvalue weighted by Crippen LogP contribution is 2.39. The molecule has 0 bridgehead atoms. The quantitative estimate of drug-likeness (QED) is 0.635. The molecule has 0 radical (unpaired) electrons. The second kappa shape index (κ2) is 5.28. The largest absolute Gasteiger partial charge is 0.385 e. The van der Waals surface area contributed by atoms with E-state index in [-0.39, 0.29) is 5.91 Å². The Kier molecular flexibility index (Phi) is 3.85. The second-order valence-corrected chi connectivity index (χ2v) is 6.03. The van der Waals surface area contributed by atoms with E-state index >= 15 is 0 Å². The zero-order valence-corrected chi connectivity index (χ0v) is 13.0. The lowest BCUT2D eigenvalue weighted by atomic mass is 9.83. The lowest BCUT2D eigenvalue weighted by Crippen LogP contribution is -2.29. The highest BCUT2D eigenvalue weighted by molar-refractivity contribution is 9.12. The van der Waals surface area contributed by atoms with Crippen LogP contribution in [0.5, 0.6) is 0 Å². The van der Waals surface area contributed by atoms with E-state index in [4.69, 9.17) is 11.1 Å². The molecule has 0 fully saturated rings. The summed E-state index contributed by atoms with van der Waals surface area (Å²) in [5, 5.41) is 13.1. The number of carbonyl (C=O) groups excluding carboxylic acids is 1. The van der Waals surface area contributed by atoms with Crippen molar-refractivity contribution in [3.8, 4) is 0 Å². The van der Waals surface area contributed by atoms with Crippen molar-refractivity contribution in [2.24, 2.45) is 5.73 Å². The molecule has 0 unspecified atom stereocenters. The smallest absolute Gasteiger partial charge is 0.234 e. The minimum Gasteiger partial charge on any atom is -0.385 e. The Hall–Kier alpha value is -1.82. The summed E-state index contributed by atoms with van der Waals surface area (Å²) < 4.78 is 0.499. The first kappa shape index (κ1) is 14.6. The number of nitrogens with one attached hydrogen (secondary N) is 3. The lowest BCUT2D eigenvalue weighted by molar-refractivity contribution is -0.119. The van der Waals surface area contributed by atoms with E-state index in [1.807, 2.05) is 32.0 Å². The van der Waals surface area contributed by atoms with Crippen molar-refractivity contribution < 1.29 is 4.79 Å². The van der Waals surface area contributed by atoms with E-state index in [1.165, 1.54) is 0 Å². The lowest BCUT2D eigenvalue weighted by Gasteiger charge is -2.19. The molecule has 2 rings (SSSR count). The van der Waals surface area contributed by atoms with Crippen molar-refractivity contribution in [2.75, 3.05) is 5.32 Å². The molecule has 1 aliphatic rings. The molecule has 6 heteroatoms. The Morgan fingerprint density at radius 2 is 2.25 bits per heavy atom. The zero-order chi connectivity index (χ0) is 14.9. The molecule has 1 aromatic rings. The molecule has 0 saturated carbocycles. The molecule has 20 heavy (non-hydrogen) atoms. The molecule has 0 atom stereocenters. The van der Waals surface area contributed by atoms with Crippen LogP contribution in [0.25, 0.3) is 0 Å².